The molecule has 0 unspecified atom stereocenters. The minimum Gasteiger partial charge on any atom is -0.493 e. The molecule has 0 saturated heterocycles. The lowest BCUT2D eigenvalue weighted by atomic mass is 10.1. The Morgan fingerprint density at radius 2 is 1.52 bits per heavy atom. The van der Waals surface area contributed by atoms with Gasteiger partial charge in [0.1, 0.15) is 11.3 Å². The van der Waals surface area contributed by atoms with E-state index in [1.54, 1.807) is 25.1 Å². The molecule has 6 heteroatoms. The van der Waals surface area contributed by atoms with Crippen LogP contribution in [0.4, 0.5) is 4.39 Å². The third kappa shape index (κ3) is 8.72. The summed E-state index contributed by atoms with van der Waals surface area (Å²) < 4.78 is 29.5. The summed E-state index contributed by atoms with van der Waals surface area (Å²) in [5, 5.41) is 0.587. The average Bonchev–Trinajstić information content (AvgIpc) is 2.77. The first-order chi connectivity index (χ1) is 15.0. The van der Waals surface area contributed by atoms with Crippen LogP contribution in [0.1, 0.15) is 83.1 Å². The molecule has 0 spiro atoms. The zero-order chi connectivity index (χ0) is 22.5. The number of aryl methyl sites for hydroxylation is 1. The molecule has 0 N–H and O–H groups in total. The van der Waals surface area contributed by atoms with Crippen LogP contribution in [0.25, 0.3) is 11.0 Å². The molecule has 0 fully saturated rings. The first-order valence-corrected chi connectivity index (χ1v) is 11.5. The van der Waals surface area contributed by atoms with Crippen molar-refractivity contribution < 1.29 is 23.1 Å². The van der Waals surface area contributed by atoms with E-state index in [1.807, 2.05) is 6.92 Å². The van der Waals surface area contributed by atoms with Crippen molar-refractivity contribution in [2.75, 3.05) is 13.2 Å². The number of carbonyl (C=O) groups is 1. The highest BCUT2D eigenvalue weighted by molar-refractivity contribution is 5.81. The third-order valence-electron chi connectivity index (χ3n) is 5.43. The summed E-state index contributed by atoms with van der Waals surface area (Å²) in [4.78, 5) is 22.5. The van der Waals surface area contributed by atoms with Crippen LogP contribution in [0.2, 0.25) is 0 Å². The summed E-state index contributed by atoms with van der Waals surface area (Å²) in [6.45, 7) is 4.55. The molecular formula is C25H35FO5. The van der Waals surface area contributed by atoms with Crippen LogP contribution in [0.3, 0.4) is 0 Å². The van der Waals surface area contributed by atoms with Gasteiger partial charge in [0, 0.05) is 23.4 Å². The molecule has 0 radical (unpaired) electrons. The van der Waals surface area contributed by atoms with Crippen LogP contribution in [0.5, 0.6) is 5.75 Å². The molecule has 0 atom stereocenters. The summed E-state index contributed by atoms with van der Waals surface area (Å²) in [5.41, 5.74) is -0.293. The fourth-order valence-electron chi connectivity index (χ4n) is 3.50. The Balaban J connectivity index is 1.48. The molecule has 172 valence electrons. The number of hydrogen-bond donors (Lipinski definition) is 0. The van der Waals surface area contributed by atoms with E-state index in [0.717, 1.165) is 25.7 Å². The van der Waals surface area contributed by atoms with Gasteiger partial charge in [-0.1, -0.05) is 58.3 Å². The Morgan fingerprint density at radius 3 is 2.13 bits per heavy atom. The van der Waals surface area contributed by atoms with E-state index in [0.29, 0.717) is 41.9 Å². The van der Waals surface area contributed by atoms with E-state index in [1.165, 1.54) is 38.5 Å². The van der Waals surface area contributed by atoms with E-state index in [2.05, 4.69) is 0 Å². The number of unbranched alkanes of at least 4 members (excludes halogenated alkanes) is 9. The van der Waals surface area contributed by atoms with Crippen LogP contribution < -0.4 is 10.4 Å². The minimum atomic E-state index is -0.945. The van der Waals surface area contributed by atoms with E-state index < -0.39 is 11.4 Å². The highest BCUT2D eigenvalue weighted by atomic mass is 19.1. The zero-order valence-electron chi connectivity index (χ0n) is 18.8. The second kappa shape index (κ2) is 13.8. The first-order valence-electron chi connectivity index (χ1n) is 11.5. The SMILES string of the molecule is CCC(=O)OCCCCCCCCCCCCOc1ccc2c(C)c(F)c(=O)oc2c1. The zero-order valence-corrected chi connectivity index (χ0v) is 18.8. The maximum Gasteiger partial charge on any atom is 0.372 e. The van der Waals surface area contributed by atoms with Crippen molar-refractivity contribution in [2.45, 2.75) is 84.5 Å². The largest absolute Gasteiger partial charge is 0.493 e. The van der Waals surface area contributed by atoms with Gasteiger partial charge in [0.15, 0.2) is 0 Å². The van der Waals surface area contributed by atoms with Crippen LogP contribution in [-0.4, -0.2) is 19.2 Å². The predicted molar refractivity (Wildman–Crippen MR) is 120 cm³/mol. The van der Waals surface area contributed by atoms with Gasteiger partial charge in [0.25, 0.3) is 0 Å². The lowest BCUT2D eigenvalue weighted by Gasteiger charge is -2.08. The number of rotatable bonds is 15. The Kier molecular flexibility index (Phi) is 11.1. The van der Waals surface area contributed by atoms with Gasteiger partial charge in [0.05, 0.1) is 13.2 Å². The van der Waals surface area contributed by atoms with Crippen molar-refractivity contribution in [2.24, 2.45) is 0 Å². The minimum absolute atomic E-state index is 0.109. The predicted octanol–water partition coefficient (Wildman–Crippen LogP) is 6.47. The smallest absolute Gasteiger partial charge is 0.372 e. The fourth-order valence-corrected chi connectivity index (χ4v) is 3.50. The average molecular weight is 435 g/mol. The Morgan fingerprint density at radius 1 is 0.935 bits per heavy atom. The molecule has 5 nitrogen and oxygen atoms in total. The molecule has 1 aromatic heterocycles. The third-order valence-corrected chi connectivity index (χ3v) is 5.43. The molecule has 0 bridgehead atoms. The highest BCUT2D eigenvalue weighted by Gasteiger charge is 2.11. The maximum absolute atomic E-state index is 13.6. The Bertz CT molecular complexity index is 874. The van der Waals surface area contributed by atoms with Gasteiger partial charge in [0.2, 0.25) is 5.82 Å². The van der Waals surface area contributed by atoms with Crippen molar-refractivity contribution in [1.29, 1.82) is 0 Å². The van der Waals surface area contributed by atoms with Gasteiger partial charge in [-0.05, 0) is 31.9 Å². The Hall–Kier alpha value is -2.37. The fraction of sp³-hybridized carbons (Fsp3) is 0.600. The van der Waals surface area contributed by atoms with E-state index >= 15 is 0 Å². The quantitative estimate of drug-likeness (QED) is 0.182. The van der Waals surface area contributed by atoms with Crippen LogP contribution in [0.15, 0.2) is 27.4 Å². The van der Waals surface area contributed by atoms with Crippen molar-refractivity contribution in [3.63, 3.8) is 0 Å². The van der Waals surface area contributed by atoms with E-state index in [9.17, 15) is 14.0 Å². The van der Waals surface area contributed by atoms with Crippen molar-refractivity contribution >= 4 is 16.9 Å². The molecule has 0 aliphatic rings. The van der Waals surface area contributed by atoms with Gasteiger partial charge >= 0.3 is 11.6 Å². The molecule has 0 aliphatic carbocycles. The van der Waals surface area contributed by atoms with Crippen molar-refractivity contribution in [3.05, 3.63) is 40.0 Å². The molecule has 1 heterocycles. The molecule has 1 aromatic carbocycles. The summed E-state index contributed by atoms with van der Waals surface area (Å²) in [6, 6.07) is 5.16. The van der Waals surface area contributed by atoms with Crippen LogP contribution >= 0.6 is 0 Å². The maximum atomic E-state index is 13.6. The molecule has 0 amide bonds. The number of halogens is 1. The summed E-state index contributed by atoms with van der Waals surface area (Å²) in [6.07, 6.45) is 12.0. The summed E-state index contributed by atoms with van der Waals surface area (Å²) in [7, 11) is 0. The van der Waals surface area contributed by atoms with Crippen molar-refractivity contribution in [1.82, 2.24) is 0 Å². The van der Waals surface area contributed by atoms with Crippen LogP contribution in [0, 0.1) is 12.7 Å². The number of ether oxygens (including phenoxy) is 2. The van der Waals surface area contributed by atoms with Gasteiger partial charge in [-0.2, -0.15) is 4.39 Å². The molecule has 2 rings (SSSR count). The number of carbonyl (C=O) groups excluding carboxylic acids is 1. The van der Waals surface area contributed by atoms with Crippen molar-refractivity contribution in [3.8, 4) is 5.75 Å². The number of benzene rings is 1. The number of hydrogen-bond acceptors (Lipinski definition) is 5. The Labute approximate surface area is 183 Å². The molecular weight excluding hydrogens is 399 g/mol. The van der Waals surface area contributed by atoms with E-state index in [-0.39, 0.29) is 5.97 Å². The lowest BCUT2D eigenvalue weighted by molar-refractivity contribution is -0.143. The number of fused-ring (bicyclic) bond motifs is 1. The van der Waals surface area contributed by atoms with Gasteiger partial charge in [-0.3, -0.25) is 4.79 Å². The molecule has 2 aromatic rings. The highest BCUT2D eigenvalue weighted by Crippen LogP contribution is 2.23. The van der Waals surface area contributed by atoms with E-state index in [4.69, 9.17) is 13.9 Å². The lowest BCUT2D eigenvalue weighted by Crippen LogP contribution is -2.07. The van der Waals surface area contributed by atoms with Gasteiger partial charge in [-0.25, -0.2) is 4.79 Å². The molecule has 0 aliphatic heterocycles. The summed E-state index contributed by atoms with van der Waals surface area (Å²) in [5.74, 6) is -0.315. The normalized spacial score (nSPS) is 11.1. The monoisotopic (exact) mass is 434 g/mol. The van der Waals surface area contributed by atoms with Gasteiger partial charge in [-0.15, -0.1) is 0 Å². The van der Waals surface area contributed by atoms with Crippen LogP contribution in [-0.2, 0) is 9.53 Å². The van der Waals surface area contributed by atoms with Gasteiger partial charge < -0.3 is 13.9 Å². The first kappa shape index (κ1) is 24.9. The summed E-state index contributed by atoms with van der Waals surface area (Å²) >= 11 is 0. The second-order valence-corrected chi connectivity index (χ2v) is 7.94. The topological polar surface area (TPSA) is 65.7 Å². The second-order valence-electron chi connectivity index (χ2n) is 7.94. The number of esters is 1. The standard InChI is InChI=1S/C25H35FO5/c1-3-23(27)30-17-13-11-9-7-5-4-6-8-10-12-16-29-20-14-15-21-19(2)24(26)25(28)31-22(21)18-20/h14-15,18H,3-13,16-17H2,1-2H3. The molecule has 0 saturated carbocycles. The molecule has 31 heavy (non-hydrogen) atoms.